The van der Waals surface area contributed by atoms with Gasteiger partial charge in [-0.1, -0.05) is 20.8 Å². The molecular formula is C15H32N2O2S2. The van der Waals surface area contributed by atoms with E-state index >= 15 is 0 Å². The van der Waals surface area contributed by atoms with E-state index < -0.39 is 20.3 Å². The molecular weight excluding hydrogens is 304 g/mol. The van der Waals surface area contributed by atoms with Crippen LogP contribution in [0.5, 0.6) is 0 Å². The Morgan fingerprint density at radius 2 is 1.67 bits per heavy atom. The van der Waals surface area contributed by atoms with E-state index in [0.717, 1.165) is 18.6 Å². The van der Waals surface area contributed by atoms with Gasteiger partial charge in [0.25, 0.3) is 0 Å². The molecule has 0 aliphatic heterocycles. The number of hydrogen-bond acceptors (Lipinski definition) is 4. The van der Waals surface area contributed by atoms with Crippen molar-refractivity contribution in [1.82, 2.24) is 10.0 Å². The molecule has 126 valence electrons. The molecule has 1 unspecified atom stereocenters. The zero-order chi connectivity index (χ0) is 16.5. The van der Waals surface area contributed by atoms with Crippen molar-refractivity contribution in [1.29, 1.82) is 0 Å². The van der Waals surface area contributed by atoms with Crippen molar-refractivity contribution in [2.75, 3.05) is 12.3 Å². The smallest absolute Gasteiger partial charge is 0.219 e. The molecule has 0 radical (unpaired) electrons. The van der Waals surface area contributed by atoms with Gasteiger partial charge in [0.05, 0.1) is 4.75 Å². The topological polar surface area (TPSA) is 58.2 Å². The lowest BCUT2D eigenvalue weighted by Crippen LogP contribution is -2.50. The second-order valence-corrected chi connectivity index (χ2v) is 12.2. The summed E-state index contributed by atoms with van der Waals surface area (Å²) in [5, 5.41) is 3.41. The molecule has 0 amide bonds. The molecule has 1 atom stereocenters. The molecule has 1 saturated carbocycles. The maximum Gasteiger partial charge on any atom is 0.219 e. The molecule has 2 N–H and O–H groups in total. The van der Waals surface area contributed by atoms with Gasteiger partial charge in [-0.05, 0) is 40.5 Å². The fourth-order valence-electron chi connectivity index (χ4n) is 1.99. The highest BCUT2D eigenvalue weighted by Gasteiger charge is 2.55. The van der Waals surface area contributed by atoms with E-state index in [1.165, 1.54) is 0 Å². The molecule has 0 aromatic rings. The van der Waals surface area contributed by atoms with Crippen LogP contribution in [0.4, 0.5) is 0 Å². The highest BCUT2D eigenvalue weighted by Crippen LogP contribution is 2.43. The summed E-state index contributed by atoms with van der Waals surface area (Å²) in [5.41, 5.74) is -0.415. The normalized spacial score (nSPS) is 20.3. The summed E-state index contributed by atoms with van der Waals surface area (Å²) in [6.07, 6.45) is 1.51. The quantitative estimate of drug-likeness (QED) is 0.750. The standard InChI is InChI=1S/C15H32N2O2S2/c1-12(10-20-14(5,6)7)16-11-15(8-9-15)21(18,19)17-13(2,3)4/h12,16-17H,8-11H2,1-7H3. The molecule has 1 aliphatic carbocycles. The van der Waals surface area contributed by atoms with Crippen LogP contribution >= 0.6 is 11.8 Å². The fraction of sp³-hybridized carbons (Fsp3) is 1.00. The van der Waals surface area contributed by atoms with Crippen LogP contribution in [0.2, 0.25) is 0 Å². The van der Waals surface area contributed by atoms with Gasteiger partial charge in [0.2, 0.25) is 10.0 Å². The van der Waals surface area contributed by atoms with E-state index in [1.54, 1.807) is 0 Å². The van der Waals surface area contributed by atoms with E-state index in [2.05, 4.69) is 37.7 Å². The van der Waals surface area contributed by atoms with Gasteiger partial charge in [-0.3, -0.25) is 0 Å². The average Bonchev–Trinajstić information content (AvgIpc) is 3.00. The zero-order valence-corrected chi connectivity index (χ0v) is 16.2. The molecule has 4 nitrogen and oxygen atoms in total. The summed E-state index contributed by atoms with van der Waals surface area (Å²) < 4.78 is 27.5. The molecule has 1 aliphatic rings. The van der Waals surface area contributed by atoms with Crippen LogP contribution in [-0.2, 0) is 10.0 Å². The van der Waals surface area contributed by atoms with Crippen molar-refractivity contribution >= 4 is 21.8 Å². The highest BCUT2D eigenvalue weighted by molar-refractivity contribution is 8.00. The van der Waals surface area contributed by atoms with Crippen molar-refractivity contribution in [2.45, 2.75) is 82.4 Å². The van der Waals surface area contributed by atoms with Gasteiger partial charge in [0.15, 0.2) is 0 Å². The lowest BCUT2D eigenvalue weighted by atomic mass is 10.1. The SMILES string of the molecule is CC(CSC(C)(C)C)NCC1(S(=O)(=O)NC(C)(C)C)CC1. The Balaban J connectivity index is 2.51. The molecule has 1 fully saturated rings. The fourth-order valence-corrected chi connectivity index (χ4v) is 4.79. The first-order chi connectivity index (χ1) is 9.27. The monoisotopic (exact) mass is 336 g/mol. The van der Waals surface area contributed by atoms with Crippen molar-refractivity contribution < 1.29 is 8.42 Å². The van der Waals surface area contributed by atoms with Crippen LogP contribution in [0, 0.1) is 0 Å². The Bertz CT molecular complexity index is 443. The lowest BCUT2D eigenvalue weighted by Gasteiger charge is -2.27. The number of thioether (sulfide) groups is 1. The first kappa shape index (κ1) is 19.3. The first-order valence-electron chi connectivity index (χ1n) is 7.67. The Morgan fingerprint density at radius 1 is 1.14 bits per heavy atom. The van der Waals surface area contributed by atoms with Crippen LogP contribution in [0.15, 0.2) is 0 Å². The molecule has 0 heterocycles. The van der Waals surface area contributed by atoms with Gasteiger partial charge >= 0.3 is 0 Å². The minimum atomic E-state index is -3.26. The molecule has 0 aromatic carbocycles. The van der Waals surface area contributed by atoms with E-state index in [9.17, 15) is 8.42 Å². The predicted octanol–water partition coefficient (Wildman–Crippen LogP) is 2.75. The largest absolute Gasteiger partial charge is 0.312 e. The van der Waals surface area contributed by atoms with Crippen LogP contribution in [0.3, 0.4) is 0 Å². The molecule has 0 spiro atoms. The van der Waals surface area contributed by atoms with Crippen molar-refractivity contribution in [3.8, 4) is 0 Å². The van der Waals surface area contributed by atoms with Crippen LogP contribution in [-0.4, -0.2) is 41.8 Å². The van der Waals surface area contributed by atoms with Crippen LogP contribution in [0.1, 0.15) is 61.3 Å². The maximum absolute atomic E-state index is 12.5. The lowest BCUT2D eigenvalue weighted by molar-refractivity contribution is 0.473. The molecule has 1 rings (SSSR count). The van der Waals surface area contributed by atoms with Gasteiger partial charge < -0.3 is 5.32 Å². The molecule has 21 heavy (non-hydrogen) atoms. The maximum atomic E-state index is 12.5. The second kappa shape index (κ2) is 6.38. The number of nitrogens with one attached hydrogen (secondary N) is 2. The summed E-state index contributed by atoms with van der Waals surface area (Å²) in [6.45, 7) is 14.9. The third-order valence-corrected chi connectivity index (χ3v) is 7.46. The Kier molecular flexibility index (Phi) is 5.85. The number of rotatable bonds is 7. The predicted molar refractivity (Wildman–Crippen MR) is 93.4 cm³/mol. The van der Waals surface area contributed by atoms with E-state index in [0.29, 0.717) is 12.6 Å². The molecule has 0 saturated heterocycles. The minimum absolute atomic E-state index is 0.243. The summed E-state index contributed by atoms with van der Waals surface area (Å²) in [6, 6.07) is 0.316. The van der Waals surface area contributed by atoms with E-state index in [4.69, 9.17) is 0 Å². The highest BCUT2D eigenvalue weighted by atomic mass is 32.2. The van der Waals surface area contributed by atoms with Crippen LogP contribution in [0.25, 0.3) is 0 Å². The molecule has 0 aromatic heterocycles. The average molecular weight is 337 g/mol. The van der Waals surface area contributed by atoms with E-state index in [1.807, 2.05) is 32.5 Å². The Labute approximate surface area is 135 Å². The Hall–Kier alpha value is 0.220. The van der Waals surface area contributed by atoms with Crippen molar-refractivity contribution in [3.05, 3.63) is 0 Å². The summed E-state index contributed by atoms with van der Waals surface area (Å²) in [4.78, 5) is 0. The third-order valence-electron chi connectivity index (χ3n) is 3.36. The Morgan fingerprint density at radius 3 is 2.05 bits per heavy atom. The minimum Gasteiger partial charge on any atom is -0.312 e. The van der Waals surface area contributed by atoms with Gasteiger partial charge in [-0.2, -0.15) is 11.8 Å². The van der Waals surface area contributed by atoms with Gasteiger partial charge in [-0.25, -0.2) is 13.1 Å². The second-order valence-electron chi connectivity index (χ2n) is 8.24. The van der Waals surface area contributed by atoms with Gasteiger partial charge in [0, 0.05) is 28.6 Å². The summed E-state index contributed by atoms with van der Waals surface area (Å²) in [7, 11) is -3.26. The molecule has 0 bridgehead atoms. The van der Waals surface area contributed by atoms with Gasteiger partial charge in [-0.15, -0.1) is 0 Å². The number of sulfonamides is 1. The van der Waals surface area contributed by atoms with Crippen molar-refractivity contribution in [2.24, 2.45) is 0 Å². The van der Waals surface area contributed by atoms with Crippen LogP contribution < -0.4 is 10.0 Å². The summed E-state index contributed by atoms with van der Waals surface area (Å²) in [5.74, 6) is 0.992. The number of hydrogen-bond donors (Lipinski definition) is 2. The van der Waals surface area contributed by atoms with E-state index in [-0.39, 0.29) is 4.75 Å². The third kappa shape index (κ3) is 6.47. The van der Waals surface area contributed by atoms with Crippen molar-refractivity contribution in [3.63, 3.8) is 0 Å². The molecule has 6 heteroatoms. The van der Waals surface area contributed by atoms with Gasteiger partial charge in [0.1, 0.15) is 0 Å². The zero-order valence-electron chi connectivity index (χ0n) is 14.5. The summed E-state index contributed by atoms with van der Waals surface area (Å²) >= 11 is 1.90. The first-order valence-corrected chi connectivity index (χ1v) is 10.1.